The molecule has 0 saturated heterocycles. The highest BCUT2D eigenvalue weighted by Gasteiger charge is 2.28. The fraction of sp³-hybridized carbons (Fsp3) is 0.200. The van der Waals surface area contributed by atoms with E-state index in [4.69, 9.17) is 14.9 Å². The maximum absolute atomic E-state index is 10.8. The van der Waals surface area contributed by atoms with Gasteiger partial charge in [-0.05, 0) is 41.3 Å². The Morgan fingerprint density at radius 3 is 2.41 bits per heavy atom. The zero-order chi connectivity index (χ0) is 13.2. The summed E-state index contributed by atoms with van der Waals surface area (Å²) in [5.74, 6) is -3.10. The van der Waals surface area contributed by atoms with E-state index in [0.717, 1.165) is 6.08 Å². The van der Waals surface area contributed by atoms with Crippen LogP contribution in [0.3, 0.4) is 0 Å². The Morgan fingerprint density at radius 2 is 1.94 bits per heavy atom. The lowest BCUT2D eigenvalue weighted by Gasteiger charge is -2.23. The lowest BCUT2D eigenvalue weighted by molar-refractivity contribution is -0.137. The quantitative estimate of drug-likeness (QED) is 0.390. The first kappa shape index (κ1) is 13.7. The minimum Gasteiger partial charge on any atom is -0.478 e. The smallest absolute Gasteiger partial charge is 0.370 e. The fourth-order valence-corrected chi connectivity index (χ4v) is 1.95. The number of aliphatic hydroxyl groups excluding tert-OH is 1. The Bertz CT molecular complexity index is 436. The lowest BCUT2D eigenvalue weighted by Crippen LogP contribution is -2.30. The van der Waals surface area contributed by atoms with Crippen LogP contribution < -0.4 is 0 Å². The molecule has 0 amide bonds. The van der Waals surface area contributed by atoms with E-state index in [1.807, 2.05) is 0 Å². The van der Waals surface area contributed by atoms with Crippen molar-refractivity contribution in [3.8, 4) is 0 Å². The number of carboxylic acids is 2. The minimum absolute atomic E-state index is 0.0425. The molecule has 0 aromatic heterocycles. The Kier molecular flexibility index (Phi) is 4.29. The van der Waals surface area contributed by atoms with Crippen molar-refractivity contribution in [1.29, 1.82) is 0 Å². The Balaban J connectivity index is 2.91. The first-order valence-electron chi connectivity index (χ1n) is 4.42. The fourth-order valence-electron chi connectivity index (χ4n) is 1.17. The summed E-state index contributed by atoms with van der Waals surface area (Å²) in [7, 11) is 0. The van der Waals surface area contributed by atoms with Crippen molar-refractivity contribution >= 4 is 34.5 Å². The zero-order valence-corrected chi connectivity index (χ0v) is 10.6. The van der Waals surface area contributed by atoms with Gasteiger partial charge in [-0.15, -0.1) is 0 Å². The van der Waals surface area contributed by atoms with Gasteiger partial charge >= 0.3 is 11.9 Å². The summed E-state index contributed by atoms with van der Waals surface area (Å²) < 4.78 is 5.23. The van der Waals surface area contributed by atoms with Crippen molar-refractivity contribution < 1.29 is 29.6 Å². The van der Waals surface area contributed by atoms with Crippen LogP contribution in [0.15, 0.2) is 33.6 Å². The van der Waals surface area contributed by atoms with Crippen molar-refractivity contribution in [2.75, 3.05) is 0 Å². The Hall–Kier alpha value is -1.35. The number of ether oxygens (including phenoxy) is 1. The summed E-state index contributed by atoms with van der Waals surface area (Å²) in [6, 6.07) is 0. The molecule has 0 aliphatic heterocycles. The standard InChI is InChI=1S/C10H9IO6/c1-4(9(13)14)17-8-2-5(10(15)16)6(11)3-7(8)12/h2-3,7-8,12H,1H2,(H,13,14)(H,15,16). The predicted molar refractivity (Wildman–Crippen MR) is 65.5 cm³/mol. The molecule has 0 fully saturated rings. The molecule has 2 unspecified atom stereocenters. The van der Waals surface area contributed by atoms with Crippen LogP contribution in [0.1, 0.15) is 0 Å². The maximum Gasteiger partial charge on any atom is 0.370 e. The molecule has 3 N–H and O–H groups in total. The van der Waals surface area contributed by atoms with Gasteiger partial charge in [0.2, 0.25) is 0 Å². The maximum atomic E-state index is 10.8. The van der Waals surface area contributed by atoms with Crippen molar-refractivity contribution in [3.63, 3.8) is 0 Å². The van der Waals surface area contributed by atoms with E-state index in [2.05, 4.69) is 6.58 Å². The van der Waals surface area contributed by atoms with Crippen LogP contribution in [-0.4, -0.2) is 39.5 Å². The number of aliphatic hydroxyl groups is 1. The predicted octanol–water partition coefficient (Wildman–Crippen LogP) is 0.674. The second kappa shape index (κ2) is 5.32. The first-order chi connectivity index (χ1) is 7.82. The highest BCUT2D eigenvalue weighted by molar-refractivity contribution is 14.1. The third-order valence-corrected chi connectivity index (χ3v) is 2.93. The lowest BCUT2D eigenvalue weighted by atomic mass is 10.0. The van der Waals surface area contributed by atoms with Gasteiger partial charge in [0.25, 0.3) is 0 Å². The molecule has 6 nitrogen and oxygen atoms in total. The van der Waals surface area contributed by atoms with E-state index < -0.39 is 29.9 Å². The van der Waals surface area contributed by atoms with Crippen molar-refractivity contribution in [1.82, 2.24) is 0 Å². The number of aliphatic carboxylic acids is 2. The summed E-state index contributed by atoms with van der Waals surface area (Å²) in [6.07, 6.45) is 0.261. The molecule has 0 aromatic carbocycles. The number of hydrogen-bond donors (Lipinski definition) is 3. The molecule has 0 saturated carbocycles. The van der Waals surface area contributed by atoms with Crippen LogP contribution in [-0.2, 0) is 14.3 Å². The van der Waals surface area contributed by atoms with Crippen LogP contribution >= 0.6 is 22.6 Å². The molecule has 0 radical (unpaired) electrons. The van der Waals surface area contributed by atoms with E-state index in [9.17, 15) is 14.7 Å². The molecular weight excluding hydrogens is 343 g/mol. The van der Waals surface area contributed by atoms with Gasteiger partial charge in [-0.25, -0.2) is 9.59 Å². The van der Waals surface area contributed by atoms with E-state index >= 15 is 0 Å². The molecule has 17 heavy (non-hydrogen) atoms. The monoisotopic (exact) mass is 352 g/mol. The molecule has 0 heterocycles. The Labute approximate surface area is 110 Å². The molecular formula is C10H9IO6. The van der Waals surface area contributed by atoms with Crippen LogP contribution in [0.2, 0.25) is 0 Å². The summed E-state index contributed by atoms with van der Waals surface area (Å²) in [5.41, 5.74) is -0.0425. The van der Waals surface area contributed by atoms with Crippen molar-refractivity contribution in [3.05, 3.63) is 33.6 Å². The number of halogens is 1. The van der Waals surface area contributed by atoms with E-state index in [-0.39, 0.29) is 5.57 Å². The summed E-state index contributed by atoms with van der Waals surface area (Å²) in [6.45, 7) is 3.14. The SMILES string of the molecule is C=C(OC1C=C(C(=O)O)C(I)=CC1O)C(=O)O. The zero-order valence-electron chi connectivity index (χ0n) is 8.46. The molecule has 0 spiro atoms. The molecule has 1 rings (SSSR count). The average molecular weight is 352 g/mol. The van der Waals surface area contributed by atoms with Crippen LogP contribution in [0.25, 0.3) is 0 Å². The second-order valence-electron chi connectivity index (χ2n) is 3.20. The van der Waals surface area contributed by atoms with Gasteiger partial charge in [0.1, 0.15) is 12.2 Å². The highest BCUT2D eigenvalue weighted by atomic mass is 127. The van der Waals surface area contributed by atoms with Gasteiger partial charge < -0.3 is 20.1 Å². The van der Waals surface area contributed by atoms with E-state index in [1.165, 1.54) is 6.08 Å². The van der Waals surface area contributed by atoms with Crippen molar-refractivity contribution in [2.45, 2.75) is 12.2 Å². The van der Waals surface area contributed by atoms with E-state index in [1.54, 1.807) is 22.6 Å². The molecule has 2 atom stereocenters. The van der Waals surface area contributed by atoms with Gasteiger partial charge in [-0.2, -0.15) is 0 Å². The summed E-state index contributed by atoms with van der Waals surface area (Å²) in [4.78, 5) is 21.3. The van der Waals surface area contributed by atoms with Gasteiger partial charge in [-0.1, -0.05) is 0 Å². The second-order valence-corrected chi connectivity index (χ2v) is 4.36. The normalized spacial score (nSPS) is 23.4. The Morgan fingerprint density at radius 1 is 1.35 bits per heavy atom. The number of rotatable bonds is 4. The average Bonchev–Trinajstić information content (AvgIpc) is 2.21. The van der Waals surface area contributed by atoms with Crippen LogP contribution in [0.5, 0.6) is 0 Å². The molecule has 7 heteroatoms. The van der Waals surface area contributed by atoms with Crippen LogP contribution in [0, 0.1) is 0 Å². The summed E-state index contributed by atoms with van der Waals surface area (Å²) in [5, 5.41) is 27.0. The van der Waals surface area contributed by atoms with Crippen molar-refractivity contribution in [2.24, 2.45) is 0 Å². The topological polar surface area (TPSA) is 104 Å². The highest BCUT2D eigenvalue weighted by Crippen LogP contribution is 2.27. The first-order valence-corrected chi connectivity index (χ1v) is 5.50. The van der Waals surface area contributed by atoms with Gasteiger partial charge in [0, 0.05) is 3.58 Å². The number of carboxylic acid groups (broad SMARTS) is 2. The van der Waals surface area contributed by atoms with Gasteiger partial charge in [0.15, 0.2) is 5.76 Å². The molecule has 0 aromatic rings. The number of hydrogen-bond acceptors (Lipinski definition) is 4. The van der Waals surface area contributed by atoms with E-state index in [0.29, 0.717) is 3.58 Å². The third kappa shape index (κ3) is 3.30. The minimum atomic E-state index is -1.37. The third-order valence-electron chi connectivity index (χ3n) is 1.99. The number of carbonyl (C=O) groups is 2. The van der Waals surface area contributed by atoms with Gasteiger partial charge in [0.05, 0.1) is 5.57 Å². The molecule has 0 bridgehead atoms. The summed E-state index contributed by atoms with van der Waals surface area (Å²) >= 11 is 1.76. The molecule has 92 valence electrons. The molecule has 1 aliphatic carbocycles. The largest absolute Gasteiger partial charge is 0.478 e. The molecule has 1 aliphatic rings. The van der Waals surface area contributed by atoms with Gasteiger partial charge in [-0.3, -0.25) is 0 Å². The van der Waals surface area contributed by atoms with Crippen LogP contribution in [0.4, 0.5) is 0 Å².